The molecule has 0 aliphatic rings. The number of H-pyrrole nitrogens is 1. The normalized spacial score (nSPS) is 11.4. The van der Waals surface area contributed by atoms with E-state index in [1.807, 2.05) is 18.2 Å². The average molecular weight is 273 g/mol. The highest BCUT2D eigenvalue weighted by atomic mass is 35.5. The van der Waals surface area contributed by atoms with Crippen molar-refractivity contribution in [1.82, 2.24) is 40.7 Å². The van der Waals surface area contributed by atoms with Crippen molar-refractivity contribution in [1.29, 1.82) is 0 Å². The molecule has 1 N–H and O–H groups in total. The molecule has 4 aromatic rings. The van der Waals surface area contributed by atoms with Crippen LogP contribution in [-0.2, 0) is 0 Å². The van der Waals surface area contributed by atoms with E-state index in [1.165, 1.54) is 0 Å². The van der Waals surface area contributed by atoms with Crippen LogP contribution in [-0.4, -0.2) is 40.7 Å². The maximum atomic E-state index is 6.01. The lowest BCUT2D eigenvalue weighted by molar-refractivity contribution is 0.842. The number of aromatic amines is 1. The van der Waals surface area contributed by atoms with Crippen LogP contribution in [0.25, 0.3) is 27.9 Å². The second kappa shape index (κ2) is 3.69. The Balaban J connectivity index is 2.19. The predicted molar refractivity (Wildman–Crippen MR) is 66.5 cm³/mol. The summed E-state index contributed by atoms with van der Waals surface area (Å²) in [5, 5.41) is 26.9. The highest BCUT2D eigenvalue weighted by molar-refractivity contribution is 6.31. The predicted octanol–water partition coefficient (Wildman–Crippen LogP) is 1.11. The van der Waals surface area contributed by atoms with Crippen LogP contribution in [0.4, 0.5) is 0 Å². The van der Waals surface area contributed by atoms with Crippen LogP contribution in [0.3, 0.4) is 0 Å². The Hall–Kier alpha value is -2.61. The third-order valence-corrected chi connectivity index (χ3v) is 3.06. The fourth-order valence-corrected chi connectivity index (χ4v) is 2.20. The van der Waals surface area contributed by atoms with Crippen LogP contribution in [0, 0.1) is 0 Å². The van der Waals surface area contributed by atoms with E-state index in [-0.39, 0.29) is 0 Å². The van der Waals surface area contributed by atoms with Crippen molar-refractivity contribution in [3.63, 3.8) is 0 Å². The van der Waals surface area contributed by atoms with Gasteiger partial charge in [-0.1, -0.05) is 11.6 Å². The number of rotatable bonds is 1. The summed E-state index contributed by atoms with van der Waals surface area (Å²) in [7, 11) is 0. The first-order valence-electron chi connectivity index (χ1n) is 5.37. The Morgan fingerprint density at radius 1 is 1.11 bits per heavy atom. The lowest BCUT2D eigenvalue weighted by Gasteiger charge is -2.03. The highest BCUT2D eigenvalue weighted by Gasteiger charge is 2.14. The van der Waals surface area contributed by atoms with Crippen molar-refractivity contribution in [3.05, 3.63) is 29.3 Å². The average Bonchev–Trinajstić information content (AvgIpc) is 3.08. The molecule has 0 fully saturated rings. The maximum Gasteiger partial charge on any atom is 0.190 e. The molecule has 0 aliphatic carbocycles. The van der Waals surface area contributed by atoms with Crippen molar-refractivity contribution in [2.75, 3.05) is 0 Å². The first-order chi connectivity index (χ1) is 9.33. The summed E-state index contributed by atoms with van der Waals surface area (Å²) < 4.78 is 1.63. The first kappa shape index (κ1) is 10.3. The molecule has 0 radical (unpaired) electrons. The smallest absolute Gasteiger partial charge is 0.190 e. The molecule has 19 heavy (non-hydrogen) atoms. The summed E-state index contributed by atoms with van der Waals surface area (Å²) in [5.41, 5.74) is 2.15. The molecule has 0 bridgehead atoms. The summed E-state index contributed by atoms with van der Waals surface area (Å²) in [6.45, 7) is 0. The number of nitrogens with one attached hydrogen (secondary N) is 1. The van der Waals surface area contributed by atoms with E-state index in [9.17, 15) is 0 Å². The summed E-state index contributed by atoms with van der Waals surface area (Å²) in [6.07, 6.45) is 0. The van der Waals surface area contributed by atoms with E-state index < -0.39 is 0 Å². The lowest BCUT2D eigenvalue weighted by Crippen LogP contribution is -1.95. The zero-order valence-electron chi connectivity index (χ0n) is 9.32. The van der Waals surface area contributed by atoms with Crippen molar-refractivity contribution in [2.24, 2.45) is 0 Å². The van der Waals surface area contributed by atoms with Crippen LogP contribution >= 0.6 is 11.6 Å². The number of aromatic nitrogens is 8. The summed E-state index contributed by atoms with van der Waals surface area (Å²) in [4.78, 5) is 0. The van der Waals surface area contributed by atoms with E-state index in [0.29, 0.717) is 22.1 Å². The van der Waals surface area contributed by atoms with Gasteiger partial charge in [-0.25, -0.2) is 5.10 Å². The molecule has 92 valence electrons. The number of hydrogen-bond acceptors (Lipinski definition) is 6. The molecule has 0 aliphatic heterocycles. The molecule has 0 spiro atoms. The second-order valence-corrected chi connectivity index (χ2v) is 4.36. The van der Waals surface area contributed by atoms with Gasteiger partial charge in [0.15, 0.2) is 11.5 Å². The SMILES string of the molecule is Clc1ccc2c(c1)cc(-c1nnn[nH]1)c1nnnn12. The number of halogens is 1. The van der Waals surface area contributed by atoms with Crippen molar-refractivity contribution < 1.29 is 0 Å². The topological polar surface area (TPSA) is 97.5 Å². The van der Waals surface area contributed by atoms with E-state index in [1.54, 1.807) is 10.6 Å². The van der Waals surface area contributed by atoms with E-state index in [4.69, 9.17) is 11.6 Å². The fourth-order valence-electron chi connectivity index (χ4n) is 2.02. The van der Waals surface area contributed by atoms with Gasteiger partial charge in [0.05, 0.1) is 11.1 Å². The van der Waals surface area contributed by atoms with Gasteiger partial charge >= 0.3 is 0 Å². The molecule has 3 heterocycles. The number of hydrogen-bond donors (Lipinski definition) is 1. The van der Waals surface area contributed by atoms with Gasteiger partial charge in [0.2, 0.25) is 0 Å². The number of benzene rings is 1. The lowest BCUT2D eigenvalue weighted by atomic mass is 10.1. The third-order valence-electron chi connectivity index (χ3n) is 2.83. The van der Waals surface area contributed by atoms with Crippen LogP contribution in [0.1, 0.15) is 0 Å². The number of nitrogens with zero attached hydrogens (tertiary/aromatic N) is 7. The molecule has 0 amide bonds. The molecule has 0 saturated carbocycles. The molecule has 4 rings (SSSR count). The quantitative estimate of drug-likeness (QED) is 0.557. The minimum absolute atomic E-state index is 0.502. The number of fused-ring (bicyclic) bond motifs is 3. The minimum atomic E-state index is 0.502. The second-order valence-electron chi connectivity index (χ2n) is 3.93. The Bertz CT molecular complexity index is 881. The minimum Gasteiger partial charge on any atom is -0.239 e. The Morgan fingerprint density at radius 3 is 2.89 bits per heavy atom. The molecule has 8 nitrogen and oxygen atoms in total. The first-order valence-corrected chi connectivity index (χ1v) is 5.75. The fraction of sp³-hybridized carbons (Fsp3) is 0. The van der Waals surface area contributed by atoms with Crippen LogP contribution < -0.4 is 0 Å². The Morgan fingerprint density at radius 2 is 2.05 bits per heavy atom. The van der Waals surface area contributed by atoms with Crippen LogP contribution in [0.5, 0.6) is 0 Å². The van der Waals surface area contributed by atoms with E-state index >= 15 is 0 Å². The molecular weight excluding hydrogens is 268 g/mol. The maximum absolute atomic E-state index is 6.01. The van der Waals surface area contributed by atoms with Gasteiger partial charge in [-0.3, -0.25) is 0 Å². The standard InChI is InChI=1S/C10H5ClN8/c11-6-1-2-8-5(3-6)4-7(9-12-15-16-13-9)10-14-17-18-19(8)10/h1-4H,(H,12,13,15,16). The summed E-state index contributed by atoms with van der Waals surface area (Å²) in [6, 6.07) is 7.39. The summed E-state index contributed by atoms with van der Waals surface area (Å²) >= 11 is 6.01. The van der Waals surface area contributed by atoms with Crippen LogP contribution in [0.15, 0.2) is 24.3 Å². The molecular formula is C10H5ClN8. The van der Waals surface area contributed by atoms with Gasteiger partial charge in [-0.2, -0.15) is 4.52 Å². The van der Waals surface area contributed by atoms with Gasteiger partial charge in [-0.15, -0.1) is 10.2 Å². The number of tetrazole rings is 2. The van der Waals surface area contributed by atoms with Gasteiger partial charge in [0.25, 0.3) is 0 Å². The number of pyridine rings is 1. The summed E-state index contributed by atoms with van der Waals surface area (Å²) in [5.74, 6) is 0.502. The van der Waals surface area contributed by atoms with E-state index in [2.05, 4.69) is 36.1 Å². The van der Waals surface area contributed by atoms with Crippen LogP contribution in [0.2, 0.25) is 5.02 Å². The monoisotopic (exact) mass is 272 g/mol. The van der Waals surface area contributed by atoms with Crippen molar-refractivity contribution >= 4 is 28.2 Å². The zero-order chi connectivity index (χ0) is 12.8. The van der Waals surface area contributed by atoms with Crippen molar-refractivity contribution in [3.8, 4) is 11.4 Å². The van der Waals surface area contributed by atoms with Gasteiger partial charge in [-0.05, 0) is 45.1 Å². The van der Waals surface area contributed by atoms with Gasteiger partial charge in [0, 0.05) is 10.4 Å². The third kappa shape index (κ3) is 1.47. The van der Waals surface area contributed by atoms with Crippen molar-refractivity contribution in [2.45, 2.75) is 0 Å². The molecule has 1 aromatic carbocycles. The van der Waals surface area contributed by atoms with Gasteiger partial charge in [0.1, 0.15) is 0 Å². The zero-order valence-corrected chi connectivity index (χ0v) is 10.1. The molecule has 3 aromatic heterocycles. The van der Waals surface area contributed by atoms with E-state index in [0.717, 1.165) is 10.9 Å². The molecule has 0 saturated heterocycles. The highest BCUT2D eigenvalue weighted by Crippen LogP contribution is 2.26. The Labute approximate surface area is 110 Å². The van der Waals surface area contributed by atoms with Gasteiger partial charge < -0.3 is 0 Å². The Kier molecular flexibility index (Phi) is 2.00. The molecule has 9 heteroatoms. The molecule has 0 unspecified atom stereocenters. The largest absolute Gasteiger partial charge is 0.239 e. The molecule has 0 atom stereocenters.